The van der Waals surface area contributed by atoms with Gasteiger partial charge in [0.25, 0.3) is 5.91 Å². The number of hydrogen-bond acceptors (Lipinski definition) is 4. The number of benzene rings is 1. The van der Waals surface area contributed by atoms with E-state index in [9.17, 15) is 9.59 Å². The van der Waals surface area contributed by atoms with Crippen LogP contribution in [0.2, 0.25) is 0 Å². The molecule has 28 heavy (non-hydrogen) atoms. The van der Waals surface area contributed by atoms with Crippen molar-refractivity contribution in [2.75, 3.05) is 23.7 Å². The summed E-state index contributed by atoms with van der Waals surface area (Å²) in [5, 5.41) is 9.08. The molecule has 0 bridgehead atoms. The van der Waals surface area contributed by atoms with Gasteiger partial charge in [-0.05, 0) is 68.1 Å². The van der Waals surface area contributed by atoms with Gasteiger partial charge < -0.3 is 16.0 Å². The Bertz CT molecular complexity index is 826. The van der Waals surface area contributed by atoms with Crippen molar-refractivity contribution in [3.8, 4) is 0 Å². The topological polar surface area (TPSA) is 83.1 Å². The van der Waals surface area contributed by atoms with E-state index < -0.39 is 0 Å². The smallest absolute Gasteiger partial charge is 0.256 e. The van der Waals surface area contributed by atoms with Crippen molar-refractivity contribution in [3.63, 3.8) is 0 Å². The van der Waals surface area contributed by atoms with E-state index in [1.165, 1.54) is 0 Å². The lowest BCUT2D eigenvalue weighted by molar-refractivity contribution is -0.118. The predicted octanol–water partition coefficient (Wildman–Crippen LogP) is 3.51. The number of hydrogen-bond donors (Lipinski definition) is 3. The predicted molar refractivity (Wildman–Crippen MR) is 114 cm³/mol. The molecule has 8 heteroatoms. The lowest BCUT2D eigenvalue weighted by atomic mass is 9.92. The van der Waals surface area contributed by atoms with E-state index in [-0.39, 0.29) is 48.0 Å². The minimum atomic E-state index is -0.249. The summed E-state index contributed by atoms with van der Waals surface area (Å²) in [6, 6.07) is 12.3. The van der Waals surface area contributed by atoms with E-state index in [4.69, 9.17) is 0 Å². The molecular formula is C20H24Cl2N4O2. The SMILES string of the molecule is Cl.Cl.O=C(Nc1ccccn1)c1cccc(NC(=O)C2CC23CCNCC3)c1. The summed E-state index contributed by atoms with van der Waals surface area (Å²) in [4.78, 5) is 29.0. The van der Waals surface area contributed by atoms with Crippen molar-refractivity contribution in [3.05, 3.63) is 54.2 Å². The van der Waals surface area contributed by atoms with Gasteiger partial charge in [-0.2, -0.15) is 0 Å². The molecule has 1 aromatic carbocycles. The molecule has 1 aliphatic heterocycles. The molecule has 3 N–H and O–H groups in total. The van der Waals surface area contributed by atoms with Gasteiger partial charge in [-0.1, -0.05) is 12.1 Å². The number of nitrogens with one attached hydrogen (secondary N) is 3. The summed E-state index contributed by atoms with van der Waals surface area (Å²) in [5.74, 6) is 0.406. The van der Waals surface area contributed by atoms with Crippen LogP contribution in [0.3, 0.4) is 0 Å². The first-order valence-corrected chi connectivity index (χ1v) is 9.00. The van der Waals surface area contributed by atoms with Crippen molar-refractivity contribution in [1.82, 2.24) is 10.3 Å². The number of carbonyl (C=O) groups is 2. The molecule has 2 amide bonds. The molecule has 1 aliphatic carbocycles. The number of halogens is 2. The fourth-order valence-corrected chi connectivity index (χ4v) is 3.79. The van der Waals surface area contributed by atoms with Gasteiger partial charge in [0.15, 0.2) is 0 Å². The second kappa shape index (κ2) is 9.37. The first-order valence-electron chi connectivity index (χ1n) is 9.00. The normalized spacial score (nSPS) is 18.9. The molecule has 4 rings (SSSR count). The summed E-state index contributed by atoms with van der Waals surface area (Å²) in [7, 11) is 0. The first kappa shape index (κ1) is 22.1. The van der Waals surface area contributed by atoms with Crippen LogP contribution in [0.5, 0.6) is 0 Å². The minimum absolute atomic E-state index is 0. The highest BCUT2D eigenvalue weighted by atomic mass is 35.5. The molecule has 2 aliphatic rings. The third-order valence-electron chi connectivity index (χ3n) is 5.40. The van der Waals surface area contributed by atoms with Gasteiger partial charge in [0.1, 0.15) is 5.82 Å². The Balaban J connectivity index is 0.00000140. The molecule has 1 aromatic heterocycles. The summed E-state index contributed by atoms with van der Waals surface area (Å²) < 4.78 is 0. The number of piperidine rings is 1. The molecular weight excluding hydrogens is 399 g/mol. The van der Waals surface area contributed by atoms with E-state index in [0.29, 0.717) is 17.1 Å². The zero-order chi connectivity index (χ0) is 18.0. The monoisotopic (exact) mass is 422 g/mol. The van der Waals surface area contributed by atoms with Gasteiger partial charge in [0.2, 0.25) is 5.91 Å². The molecule has 2 fully saturated rings. The number of rotatable bonds is 4. The molecule has 1 spiro atoms. The van der Waals surface area contributed by atoms with Gasteiger partial charge in [-0.3, -0.25) is 9.59 Å². The Morgan fingerprint density at radius 3 is 2.54 bits per heavy atom. The summed E-state index contributed by atoms with van der Waals surface area (Å²) in [6.45, 7) is 1.99. The Hall–Kier alpha value is -2.15. The van der Waals surface area contributed by atoms with Crippen LogP contribution in [0.4, 0.5) is 11.5 Å². The van der Waals surface area contributed by atoms with Crippen molar-refractivity contribution >= 4 is 48.1 Å². The largest absolute Gasteiger partial charge is 0.326 e. The highest BCUT2D eigenvalue weighted by Gasteiger charge is 2.57. The molecule has 6 nitrogen and oxygen atoms in total. The standard InChI is InChI=1S/C20H22N4O2.2ClH/c25-18(24-17-6-1-2-9-22-17)14-4-3-5-15(12-14)23-19(26)16-13-20(16)7-10-21-11-8-20;;/h1-6,9,12,16,21H,7-8,10-11,13H2,(H,23,26)(H,22,24,25);2*1H. The Labute approximate surface area is 176 Å². The molecule has 1 saturated heterocycles. The molecule has 1 unspecified atom stereocenters. The zero-order valence-corrected chi connectivity index (χ0v) is 16.9. The molecule has 150 valence electrons. The maximum absolute atomic E-state index is 12.6. The molecule has 2 aromatic rings. The van der Waals surface area contributed by atoms with Gasteiger partial charge in [-0.25, -0.2) is 4.98 Å². The third-order valence-corrected chi connectivity index (χ3v) is 5.40. The van der Waals surface area contributed by atoms with Crippen LogP contribution < -0.4 is 16.0 Å². The Kier molecular flexibility index (Phi) is 7.41. The van der Waals surface area contributed by atoms with Crippen LogP contribution >= 0.6 is 24.8 Å². The lowest BCUT2D eigenvalue weighted by Crippen LogP contribution is -2.31. The number of carbonyl (C=O) groups excluding carboxylic acids is 2. The van der Waals surface area contributed by atoms with Crippen LogP contribution in [-0.2, 0) is 4.79 Å². The number of nitrogens with zero attached hydrogens (tertiary/aromatic N) is 1. The molecule has 1 atom stereocenters. The molecule has 0 radical (unpaired) electrons. The van der Waals surface area contributed by atoms with Crippen molar-refractivity contribution < 1.29 is 9.59 Å². The van der Waals surface area contributed by atoms with Gasteiger partial charge in [0.05, 0.1) is 0 Å². The quantitative estimate of drug-likeness (QED) is 0.703. The summed E-state index contributed by atoms with van der Waals surface area (Å²) in [5.41, 5.74) is 1.34. The Morgan fingerprint density at radius 2 is 1.82 bits per heavy atom. The minimum Gasteiger partial charge on any atom is -0.326 e. The maximum Gasteiger partial charge on any atom is 0.256 e. The van der Waals surface area contributed by atoms with E-state index in [1.54, 1.807) is 36.5 Å². The second-order valence-electron chi connectivity index (χ2n) is 7.11. The lowest BCUT2D eigenvalue weighted by Gasteiger charge is -2.23. The number of anilines is 2. The van der Waals surface area contributed by atoms with E-state index in [0.717, 1.165) is 32.4 Å². The van der Waals surface area contributed by atoms with Gasteiger partial charge in [0, 0.05) is 23.4 Å². The average Bonchev–Trinajstić information content (AvgIpc) is 3.36. The third kappa shape index (κ3) is 4.82. The van der Waals surface area contributed by atoms with Crippen molar-refractivity contribution in [2.24, 2.45) is 11.3 Å². The summed E-state index contributed by atoms with van der Waals surface area (Å²) in [6.07, 6.45) is 4.73. The highest BCUT2D eigenvalue weighted by Crippen LogP contribution is 2.58. The average molecular weight is 423 g/mol. The molecule has 1 saturated carbocycles. The van der Waals surface area contributed by atoms with Crippen LogP contribution in [0.25, 0.3) is 0 Å². The van der Waals surface area contributed by atoms with E-state index in [2.05, 4.69) is 20.9 Å². The number of amides is 2. The van der Waals surface area contributed by atoms with Crippen LogP contribution in [0.15, 0.2) is 48.7 Å². The van der Waals surface area contributed by atoms with Crippen LogP contribution in [0, 0.1) is 11.3 Å². The fraction of sp³-hybridized carbons (Fsp3) is 0.350. The fourth-order valence-electron chi connectivity index (χ4n) is 3.79. The Morgan fingerprint density at radius 1 is 1.04 bits per heavy atom. The highest BCUT2D eigenvalue weighted by molar-refractivity contribution is 6.05. The second-order valence-corrected chi connectivity index (χ2v) is 7.11. The maximum atomic E-state index is 12.6. The molecule has 2 heterocycles. The number of pyridine rings is 1. The zero-order valence-electron chi connectivity index (χ0n) is 15.3. The van der Waals surface area contributed by atoms with E-state index in [1.807, 2.05) is 12.1 Å². The van der Waals surface area contributed by atoms with Gasteiger partial charge >= 0.3 is 0 Å². The summed E-state index contributed by atoms with van der Waals surface area (Å²) >= 11 is 0. The van der Waals surface area contributed by atoms with Crippen LogP contribution in [0.1, 0.15) is 29.6 Å². The first-order chi connectivity index (χ1) is 12.7. The number of aromatic nitrogens is 1. The van der Waals surface area contributed by atoms with E-state index >= 15 is 0 Å². The van der Waals surface area contributed by atoms with Crippen molar-refractivity contribution in [1.29, 1.82) is 0 Å². The van der Waals surface area contributed by atoms with Crippen molar-refractivity contribution in [2.45, 2.75) is 19.3 Å². The van der Waals surface area contributed by atoms with Crippen LogP contribution in [-0.4, -0.2) is 29.9 Å². The van der Waals surface area contributed by atoms with Gasteiger partial charge in [-0.15, -0.1) is 24.8 Å².